The standard InChI is InChI=1S/C22H26N2O4/c1-4-14-12-24-10-9-22(17-7-5-6-8-18(17)23-21(22)26)19(24)11-15(14)16(13-27-2)20(25)28-3/h4-8,13-15,19H,1,9-12H2,2-3H3,(H,23,26)/t14-,15+,19+,22+/m0/s1. The maximum absolute atomic E-state index is 13.2. The van der Waals surface area contributed by atoms with Crippen molar-refractivity contribution < 1.29 is 19.1 Å². The van der Waals surface area contributed by atoms with Crippen molar-refractivity contribution in [2.75, 3.05) is 32.6 Å². The molecule has 2 saturated heterocycles. The number of esters is 1. The Morgan fingerprint density at radius 2 is 2.14 bits per heavy atom. The third kappa shape index (κ3) is 2.58. The zero-order chi connectivity index (χ0) is 19.9. The van der Waals surface area contributed by atoms with Crippen molar-refractivity contribution in [2.24, 2.45) is 11.8 Å². The summed E-state index contributed by atoms with van der Waals surface area (Å²) in [7, 11) is 2.90. The van der Waals surface area contributed by atoms with E-state index in [9.17, 15) is 9.59 Å². The van der Waals surface area contributed by atoms with Crippen molar-refractivity contribution >= 4 is 17.6 Å². The van der Waals surface area contributed by atoms with Crippen molar-refractivity contribution in [3.63, 3.8) is 0 Å². The maximum atomic E-state index is 13.2. The number of para-hydroxylation sites is 1. The van der Waals surface area contributed by atoms with Gasteiger partial charge in [0.25, 0.3) is 0 Å². The zero-order valence-corrected chi connectivity index (χ0v) is 16.3. The van der Waals surface area contributed by atoms with Crippen molar-refractivity contribution in [1.82, 2.24) is 4.90 Å². The topological polar surface area (TPSA) is 67.9 Å². The molecule has 3 heterocycles. The molecular weight excluding hydrogens is 356 g/mol. The number of anilines is 1. The predicted octanol–water partition coefficient (Wildman–Crippen LogP) is 2.48. The molecule has 4 rings (SSSR count). The molecule has 1 aromatic carbocycles. The highest BCUT2D eigenvalue weighted by atomic mass is 16.5. The molecule has 0 unspecified atom stereocenters. The Balaban J connectivity index is 1.75. The summed E-state index contributed by atoms with van der Waals surface area (Å²) in [6, 6.07) is 7.96. The van der Waals surface area contributed by atoms with Gasteiger partial charge in [-0.3, -0.25) is 9.69 Å². The van der Waals surface area contributed by atoms with Gasteiger partial charge in [-0.2, -0.15) is 0 Å². The number of fused-ring (bicyclic) bond motifs is 4. The number of rotatable bonds is 4. The van der Waals surface area contributed by atoms with E-state index in [4.69, 9.17) is 9.47 Å². The lowest BCUT2D eigenvalue weighted by atomic mass is 9.68. The maximum Gasteiger partial charge on any atom is 0.337 e. The average Bonchev–Trinajstić information content (AvgIpc) is 3.23. The predicted molar refractivity (Wildman–Crippen MR) is 106 cm³/mol. The van der Waals surface area contributed by atoms with Gasteiger partial charge in [-0.25, -0.2) is 4.79 Å². The molecule has 0 radical (unpaired) electrons. The molecule has 1 N–H and O–H groups in total. The van der Waals surface area contributed by atoms with Crippen LogP contribution in [0.3, 0.4) is 0 Å². The number of hydrogen-bond donors (Lipinski definition) is 1. The number of benzene rings is 1. The number of methoxy groups -OCH3 is 2. The fraction of sp³-hybridized carbons (Fsp3) is 0.455. The molecule has 6 nitrogen and oxygen atoms in total. The van der Waals surface area contributed by atoms with Gasteiger partial charge in [0.05, 0.1) is 31.5 Å². The first-order valence-electron chi connectivity index (χ1n) is 9.65. The smallest absolute Gasteiger partial charge is 0.337 e. The largest absolute Gasteiger partial charge is 0.504 e. The summed E-state index contributed by atoms with van der Waals surface area (Å²) >= 11 is 0. The van der Waals surface area contributed by atoms with E-state index in [1.807, 2.05) is 24.3 Å². The van der Waals surface area contributed by atoms with Crippen LogP contribution in [0.4, 0.5) is 5.69 Å². The molecule has 4 atom stereocenters. The molecule has 148 valence electrons. The van der Waals surface area contributed by atoms with Gasteiger partial charge in [0.2, 0.25) is 5.91 Å². The molecular formula is C22H26N2O4. The van der Waals surface area contributed by atoms with E-state index in [0.29, 0.717) is 12.0 Å². The minimum Gasteiger partial charge on any atom is -0.504 e. The third-order valence-electron chi connectivity index (χ3n) is 6.67. The van der Waals surface area contributed by atoms with Crippen LogP contribution >= 0.6 is 0 Å². The van der Waals surface area contributed by atoms with Crippen LogP contribution in [0.2, 0.25) is 0 Å². The van der Waals surface area contributed by atoms with E-state index in [2.05, 4.69) is 22.9 Å². The lowest BCUT2D eigenvalue weighted by Crippen LogP contribution is -2.53. The van der Waals surface area contributed by atoms with Crippen LogP contribution in [-0.4, -0.2) is 50.1 Å². The van der Waals surface area contributed by atoms with E-state index in [1.54, 1.807) is 0 Å². The second-order valence-electron chi connectivity index (χ2n) is 7.77. The van der Waals surface area contributed by atoms with Crippen LogP contribution in [0.15, 0.2) is 48.8 Å². The number of carbonyl (C=O) groups is 2. The van der Waals surface area contributed by atoms with Crippen molar-refractivity contribution in [3.05, 3.63) is 54.3 Å². The number of nitrogens with one attached hydrogen (secondary N) is 1. The minimum absolute atomic E-state index is 0.0160. The van der Waals surface area contributed by atoms with Crippen molar-refractivity contribution in [1.29, 1.82) is 0 Å². The van der Waals surface area contributed by atoms with E-state index >= 15 is 0 Å². The highest BCUT2D eigenvalue weighted by Gasteiger charge is 2.60. The Bertz CT molecular complexity index is 849. The summed E-state index contributed by atoms with van der Waals surface area (Å²) in [6.07, 6.45) is 4.83. The lowest BCUT2D eigenvalue weighted by molar-refractivity contribution is -0.137. The normalized spacial score (nSPS) is 31.9. The Labute approximate surface area is 165 Å². The van der Waals surface area contributed by atoms with E-state index in [1.165, 1.54) is 20.5 Å². The molecule has 0 aliphatic carbocycles. The number of carbonyl (C=O) groups excluding carboxylic acids is 2. The first-order valence-corrected chi connectivity index (χ1v) is 9.65. The number of piperidine rings is 1. The van der Waals surface area contributed by atoms with Crippen molar-refractivity contribution in [2.45, 2.75) is 24.3 Å². The quantitative estimate of drug-likeness (QED) is 0.375. The fourth-order valence-electron chi connectivity index (χ4n) is 5.38. The van der Waals surface area contributed by atoms with Gasteiger partial charge in [-0.15, -0.1) is 6.58 Å². The highest BCUT2D eigenvalue weighted by molar-refractivity contribution is 6.07. The fourth-order valence-corrected chi connectivity index (χ4v) is 5.38. The van der Waals surface area contributed by atoms with E-state index < -0.39 is 11.4 Å². The molecule has 1 spiro atoms. The van der Waals surface area contributed by atoms with E-state index in [-0.39, 0.29) is 23.8 Å². The molecule has 28 heavy (non-hydrogen) atoms. The van der Waals surface area contributed by atoms with Crippen LogP contribution < -0.4 is 5.32 Å². The Kier molecular flexibility index (Phi) is 4.75. The zero-order valence-electron chi connectivity index (χ0n) is 16.3. The molecule has 0 bridgehead atoms. The van der Waals surface area contributed by atoms with Crippen LogP contribution in [0, 0.1) is 11.8 Å². The number of amides is 1. The highest BCUT2D eigenvalue weighted by Crippen LogP contribution is 2.52. The summed E-state index contributed by atoms with van der Waals surface area (Å²) in [5.41, 5.74) is 1.90. The van der Waals surface area contributed by atoms with Gasteiger partial charge in [-0.05, 0) is 36.9 Å². The molecule has 6 heteroatoms. The molecule has 1 aromatic rings. The van der Waals surface area contributed by atoms with Crippen LogP contribution in [0.5, 0.6) is 0 Å². The summed E-state index contributed by atoms with van der Waals surface area (Å²) in [5.74, 6) is -0.351. The SMILES string of the molecule is C=C[C@H]1CN2CC[C@]3(C(=O)Nc4ccccc43)[C@H]2C[C@H]1C(=COC)C(=O)OC. The molecule has 2 fully saturated rings. The van der Waals surface area contributed by atoms with Gasteiger partial charge in [-0.1, -0.05) is 24.3 Å². The Morgan fingerprint density at radius 1 is 1.36 bits per heavy atom. The van der Waals surface area contributed by atoms with Crippen molar-refractivity contribution in [3.8, 4) is 0 Å². The summed E-state index contributed by atoms with van der Waals surface area (Å²) < 4.78 is 10.2. The molecule has 1 amide bonds. The van der Waals surface area contributed by atoms with Crippen LogP contribution in [0.1, 0.15) is 18.4 Å². The minimum atomic E-state index is -0.574. The monoisotopic (exact) mass is 382 g/mol. The van der Waals surface area contributed by atoms with Gasteiger partial charge in [0, 0.05) is 24.2 Å². The summed E-state index contributed by atoms with van der Waals surface area (Å²) in [6.45, 7) is 5.60. The van der Waals surface area contributed by atoms with E-state index in [0.717, 1.165) is 30.8 Å². The lowest BCUT2D eigenvalue weighted by Gasteiger charge is -2.44. The Morgan fingerprint density at radius 3 is 2.86 bits per heavy atom. The third-order valence-corrected chi connectivity index (χ3v) is 6.67. The summed E-state index contributed by atoms with van der Waals surface area (Å²) in [5, 5.41) is 3.07. The van der Waals surface area contributed by atoms with Crippen LogP contribution in [0.25, 0.3) is 0 Å². The molecule has 0 aromatic heterocycles. The number of hydrogen-bond acceptors (Lipinski definition) is 5. The second kappa shape index (κ2) is 7.09. The average molecular weight is 382 g/mol. The molecule has 3 aliphatic heterocycles. The first-order chi connectivity index (χ1) is 13.6. The second-order valence-corrected chi connectivity index (χ2v) is 7.77. The van der Waals surface area contributed by atoms with Crippen LogP contribution in [-0.2, 0) is 24.5 Å². The number of ether oxygens (including phenoxy) is 2. The number of nitrogens with zero attached hydrogens (tertiary/aromatic N) is 1. The molecule has 3 aliphatic rings. The van der Waals surface area contributed by atoms with Gasteiger partial charge in [0.1, 0.15) is 0 Å². The van der Waals surface area contributed by atoms with Gasteiger partial charge >= 0.3 is 5.97 Å². The Hall–Kier alpha value is -2.60. The van der Waals surface area contributed by atoms with Gasteiger partial charge < -0.3 is 14.8 Å². The first kappa shape index (κ1) is 18.7. The van der Waals surface area contributed by atoms with Gasteiger partial charge in [0.15, 0.2) is 0 Å². The molecule has 0 saturated carbocycles. The summed E-state index contributed by atoms with van der Waals surface area (Å²) in [4.78, 5) is 28.0.